The summed E-state index contributed by atoms with van der Waals surface area (Å²) in [5.41, 5.74) is 0.0894. The van der Waals surface area contributed by atoms with Crippen LogP contribution in [0.1, 0.15) is 17.3 Å². The number of benzene rings is 2. The van der Waals surface area contributed by atoms with Gasteiger partial charge in [-0.2, -0.15) is 0 Å². The highest BCUT2D eigenvalue weighted by Gasteiger charge is 2.21. The predicted molar refractivity (Wildman–Crippen MR) is 86.4 cm³/mol. The van der Waals surface area contributed by atoms with Gasteiger partial charge in [-0.3, -0.25) is 4.79 Å². The largest absolute Gasteiger partial charge is 0.449 e. The molecule has 0 aliphatic rings. The van der Waals surface area contributed by atoms with Crippen LogP contribution in [0.15, 0.2) is 42.5 Å². The van der Waals surface area contributed by atoms with Crippen LogP contribution >= 0.6 is 23.2 Å². The van der Waals surface area contributed by atoms with Gasteiger partial charge in [0.2, 0.25) is 0 Å². The van der Waals surface area contributed by atoms with E-state index >= 15 is 0 Å². The van der Waals surface area contributed by atoms with Crippen molar-refractivity contribution in [2.24, 2.45) is 0 Å². The van der Waals surface area contributed by atoms with E-state index in [1.807, 2.05) is 0 Å². The minimum Gasteiger partial charge on any atom is -0.449 e. The molecule has 4 nitrogen and oxygen atoms in total. The van der Waals surface area contributed by atoms with Crippen LogP contribution in [0.2, 0.25) is 10.0 Å². The van der Waals surface area contributed by atoms with E-state index in [1.165, 1.54) is 43.3 Å². The molecule has 7 heteroatoms. The van der Waals surface area contributed by atoms with Crippen LogP contribution in [0.3, 0.4) is 0 Å². The Balaban J connectivity index is 2.03. The highest BCUT2D eigenvalue weighted by molar-refractivity contribution is 6.36. The quantitative estimate of drug-likeness (QED) is 0.831. The number of anilines is 1. The highest BCUT2D eigenvalue weighted by atomic mass is 35.5. The van der Waals surface area contributed by atoms with Crippen LogP contribution in [-0.2, 0) is 9.53 Å². The summed E-state index contributed by atoms with van der Waals surface area (Å²) < 4.78 is 18.5. The zero-order valence-electron chi connectivity index (χ0n) is 12.0. The Bertz CT molecular complexity index is 752. The van der Waals surface area contributed by atoms with Gasteiger partial charge in [0.15, 0.2) is 6.10 Å². The van der Waals surface area contributed by atoms with Crippen LogP contribution in [0.4, 0.5) is 10.1 Å². The molecule has 0 bridgehead atoms. The molecular formula is C16H12Cl2FNO3. The van der Waals surface area contributed by atoms with Gasteiger partial charge in [-0.05, 0) is 37.3 Å². The number of ether oxygens (including phenoxy) is 1. The molecule has 2 aromatic carbocycles. The Hall–Kier alpha value is -2.11. The average Bonchev–Trinajstić information content (AvgIpc) is 2.49. The number of halogens is 3. The second kappa shape index (κ2) is 7.44. The summed E-state index contributed by atoms with van der Waals surface area (Å²) in [6.07, 6.45) is -1.13. The van der Waals surface area contributed by atoms with Crippen molar-refractivity contribution in [3.05, 3.63) is 63.9 Å². The van der Waals surface area contributed by atoms with Gasteiger partial charge in [0, 0.05) is 5.02 Å². The molecule has 1 atom stereocenters. The third-order valence-electron chi connectivity index (χ3n) is 2.94. The zero-order valence-corrected chi connectivity index (χ0v) is 13.5. The molecule has 23 heavy (non-hydrogen) atoms. The fraction of sp³-hybridized carbons (Fsp3) is 0.125. The third-order valence-corrected chi connectivity index (χ3v) is 3.48. The number of carbonyl (C=O) groups excluding carboxylic acids is 2. The molecule has 120 valence electrons. The molecule has 2 aromatic rings. The lowest BCUT2D eigenvalue weighted by atomic mass is 10.2. The summed E-state index contributed by atoms with van der Waals surface area (Å²) in [4.78, 5) is 24.0. The number of rotatable bonds is 4. The molecule has 0 heterocycles. The number of hydrogen-bond donors (Lipinski definition) is 1. The molecule has 1 amide bonds. The van der Waals surface area contributed by atoms with Crippen LogP contribution < -0.4 is 5.32 Å². The van der Waals surface area contributed by atoms with Crippen LogP contribution in [0.25, 0.3) is 0 Å². The van der Waals surface area contributed by atoms with Gasteiger partial charge in [-0.15, -0.1) is 0 Å². The van der Waals surface area contributed by atoms with E-state index in [0.717, 1.165) is 0 Å². The molecule has 1 unspecified atom stereocenters. The summed E-state index contributed by atoms with van der Waals surface area (Å²) in [6.45, 7) is 1.37. The second-order valence-corrected chi connectivity index (χ2v) is 5.48. The van der Waals surface area contributed by atoms with Gasteiger partial charge in [-0.25, -0.2) is 9.18 Å². The van der Waals surface area contributed by atoms with Crippen LogP contribution in [0.5, 0.6) is 0 Å². The van der Waals surface area contributed by atoms with Crippen LogP contribution in [-0.4, -0.2) is 18.0 Å². The highest BCUT2D eigenvalue weighted by Crippen LogP contribution is 2.22. The normalized spacial score (nSPS) is 11.7. The Morgan fingerprint density at radius 2 is 1.87 bits per heavy atom. The first-order valence-electron chi connectivity index (χ1n) is 6.60. The average molecular weight is 356 g/mol. The van der Waals surface area contributed by atoms with Gasteiger partial charge < -0.3 is 10.1 Å². The van der Waals surface area contributed by atoms with Crippen molar-refractivity contribution in [2.75, 3.05) is 5.32 Å². The predicted octanol–water partition coefficient (Wildman–Crippen LogP) is 4.32. The van der Waals surface area contributed by atoms with E-state index in [9.17, 15) is 14.0 Å². The third kappa shape index (κ3) is 4.43. The molecule has 0 saturated carbocycles. The summed E-state index contributed by atoms with van der Waals surface area (Å²) in [5.74, 6) is -2.02. The van der Waals surface area contributed by atoms with Gasteiger partial charge in [0.1, 0.15) is 5.82 Å². The number of nitrogens with one attached hydrogen (secondary N) is 1. The maximum absolute atomic E-state index is 13.5. The van der Waals surface area contributed by atoms with Gasteiger partial charge in [-0.1, -0.05) is 35.3 Å². The maximum atomic E-state index is 13.5. The number of carbonyl (C=O) groups is 2. The molecule has 0 aliphatic heterocycles. The number of para-hydroxylation sites is 1. The Kier molecular flexibility index (Phi) is 5.58. The first-order chi connectivity index (χ1) is 10.9. The minimum absolute atomic E-state index is 0.00456. The van der Waals surface area contributed by atoms with Crippen molar-refractivity contribution in [2.45, 2.75) is 13.0 Å². The second-order valence-electron chi connectivity index (χ2n) is 4.64. The van der Waals surface area contributed by atoms with Gasteiger partial charge >= 0.3 is 5.97 Å². The first kappa shape index (κ1) is 17.2. The summed E-state index contributed by atoms with van der Waals surface area (Å²) in [7, 11) is 0. The van der Waals surface area contributed by atoms with Crippen molar-refractivity contribution < 1.29 is 18.7 Å². The van der Waals surface area contributed by atoms with E-state index in [1.54, 1.807) is 6.07 Å². The fourth-order valence-corrected chi connectivity index (χ4v) is 2.22. The molecule has 0 aromatic heterocycles. The zero-order chi connectivity index (χ0) is 17.0. The summed E-state index contributed by atoms with van der Waals surface area (Å²) >= 11 is 11.6. The van der Waals surface area contributed by atoms with Crippen molar-refractivity contribution in [3.8, 4) is 0 Å². The lowest BCUT2D eigenvalue weighted by molar-refractivity contribution is -0.123. The Morgan fingerprint density at radius 3 is 2.52 bits per heavy atom. The van der Waals surface area contributed by atoms with E-state index in [-0.39, 0.29) is 16.3 Å². The fourth-order valence-electron chi connectivity index (χ4n) is 1.73. The molecule has 1 N–H and O–H groups in total. The molecule has 0 radical (unpaired) electrons. The number of esters is 1. The van der Waals surface area contributed by atoms with Crippen LogP contribution in [0, 0.1) is 5.82 Å². The molecule has 0 aliphatic carbocycles. The van der Waals surface area contributed by atoms with Crippen molar-refractivity contribution >= 4 is 40.8 Å². The smallest absolute Gasteiger partial charge is 0.340 e. The SMILES string of the molecule is CC(OC(=O)c1ccc(Cl)cc1Cl)C(=O)Nc1ccccc1F. The molecular weight excluding hydrogens is 344 g/mol. The lowest BCUT2D eigenvalue weighted by Crippen LogP contribution is -2.30. The molecule has 0 saturated heterocycles. The van der Waals surface area contributed by atoms with Crippen molar-refractivity contribution in [3.63, 3.8) is 0 Å². The first-order valence-corrected chi connectivity index (χ1v) is 7.35. The van der Waals surface area contributed by atoms with E-state index < -0.39 is 23.8 Å². The molecule has 2 rings (SSSR count). The molecule has 0 fully saturated rings. The minimum atomic E-state index is -1.13. The Labute approximate surface area is 142 Å². The molecule has 0 spiro atoms. The van der Waals surface area contributed by atoms with E-state index in [4.69, 9.17) is 27.9 Å². The van der Waals surface area contributed by atoms with E-state index in [0.29, 0.717) is 5.02 Å². The summed E-state index contributed by atoms with van der Waals surface area (Å²) in [5, 5.41) is 2.83. The van der Waals surface area contributed by atoms with Crippen molar-refractivity contribution in [1.82, 2.24) is 0 Å². The Morgan fingerprint density at radius 1 is 1.17 bits per heavy atom. The lowest BCUT2D eigenvalue weighted by Gasteiger charge is -2.14. The van der Waals surface area contributed by atoms with Gasteiger partial charge in [0.25, 0.3) is 5.91 Å². The van der Waals surface area contributed by atoms with E-state index in [2.05, 4.69) is 5.32 Å². The number of hydrogen-bond acceptors (Lipinski definition) is 3. The topological polar surface area (TPSA) is 55.4 Å². The summed E-state index contributed by atoms with van der Waals surface area (Å²) in [6, 6.07) is 9.95. The van der Waals surface area contributed by atoms with Crippen molar-refractivity contribution in [1.29, 1.82) is 0 Å². The van der Waals surface area contributed by atoms with Gasteiger partial charge in [0.05, 0.1) is 16.3 Å². The monoisotopic (exact) mass is 355 g/mol. The maximum Gasteiger partial charge on any atom is 0.340 e. The number of amides is 1. The standard InChI is InChI=1S/C16H12Cl2FNO3/c1-9(15(21)20-14-5-3-2-4-13(14)19)23-16(22)11-7-6-10(17)8-12(11)18/h2-9H,1H3,(H,20,21).